The summed E-state index contributed by atoms with van der Waals surface area (Å²) in [6.07, 6.45) is -0.997. The number of aromatic carboxylic acids is 4. The van der Waals surface area contributed by atoms with Crippen LogP contribution >= 0.6 is 69.6 Å². The molecule has 0 aromatic carbocycles. The van der Waals surface area contributed by atoms with Gasteiger partial charge in [-0.15, -0.1) is 0 Å². The lowest BCUT2D eigenvalue weighted by Crippen LogP contribution is -2.30. The van der Waals surface area contributed by atoms with E-state index in [4.69, 9.17) is 111 Å². The van der Waals surface area contributed by atoms with Crippen molar-refractivity contribution in [3.8, 4) is 0 Å². The number of aromatic nitrogens is 3. The number of carboxylic acids is 4. The third-order valence-corrected chi connectivity index (χ3v) is 7.73. The lowest BCUT2D eigenvalue weighted by Gasteiger charge is -2.23. The summed E-state index contributed by atoms with van der Waals surface area (Å²) < 4.78 is 15.4. The molecule has 0 radical (unpaired) electrons. The normalized spacial score (nSPS) is 11.1. The summed E-state index contributed by atoms with van der Waals surface area (Å²) in [5, 5.41) is 35.5. The van der Waals surface area contributed by atoms with Crippen LogP contribution < -0.4 is 16.8 Å². The average molecular weight is 965 g/mol. The minimum absolute atomic E-state index is 0.304. The van der Waals surface area contributed by atoms with Gasteiger partial charge in [-0.2, -0.15) is 0 Å². The topological polar surface area (TPSA) is 331 Å². The second-order valence-electron chi connectivity index (χ2n) is 14.4. The molecule has 0 spiro atoms. The largest absolute Gasteiger partial charge is 0.478 e. The quantitative estimate of drug-likeness (QED) is 0.0664. The summed E-state index contributed by atoms with van der Waals surface area (Å²) in [6, 6.07) is 0. The van der Waals surface area contributed by atoms with Gasteiger partial charge >= 0.3 is 41.9 Å². The van der Waals surface area contributed by atoms with Gasteiger partial charge in [-0.3, -0.25) is 5.32 Å². The Morgan fingerprint density at radius 1 is 0.450 bits per heavy atom. The Morgan fingerprint density at radius 3 is 1.00 bits per heavy atom. The van der Waals surface area contributed by atoms with Gasteiger partial charge in [0.1, 0.15) is 81.1 Å². The second-order valence-corrected chi connectivity index (χ2v) is 16.5. The number of rotatable bonds is 7. The van der Waals surface area contributed by atoms with Crippen molar-refractivity contribution in [1.82, 2.24) is 15.0 Å². The van der Waals surface area contributed by atoms with Gasteiger partial charge in [0, 0.05) is 0 Å². The van der Waals surface area contributed by atoms with Gasteiger partial charge in [-0.1, -0.05) is 69.6 Å². The summed E-state index contributed by atoms with van der Waals surface area (Å²) in [6.45, 7) is 14.6. The third kappa shape index (κ3) is 14.9. The summed E-state index contributed by atoms with van der Waals surface area (Å²) >= 11 is 34.1. The zero-order chi connectivity index (χ0) is 47.2. The number of pyridine rings is 3. The van der Waals surface area contributed by atoms with E-state index in [0.29, 0.717) is 0 Å². The maximum atomic E-state index is 12.5. The minimum Gasteiger partial charge on any atom is -0.478 e. The van der Waals surface area contributed by atoms with Gasteiger partial charge in [0.25, 0.3) is 0 Å². The maximum absolute atomic E-state index is 12.5. The summed E-state index contributed by atoms with van der Waals surface area (Å²) in [5.41, 5.74) is 4.08. The van der Waals surface area contributed by atoms with Crippen molar-refractivity contribution in [2.45, 2.75) is 79.1 Å². The molecule has 0 unspecified atom stereocenters. The fourth-order valence-electron chi connectivity index (χ4n) is 3.99. The first-order valence-electron chi connectivity index (χ1n) is 16.1. The third-order valence-electron chi connectivity index (χ3n) is 6.09. The van der Waals surface area contributed by atoms with Crippen LogP contribution in [0.3, 0.4) is 0 Å². The average Bonchev–Trinajstić information content (AvgIpc) is 2.97. The van der Waals surface area contributed by atoms with E-state index < -0.39 is 119 Å². The van der Waals surface area contributed by atoms with E-state index in [1.165, 1.54) is 0 Å². The molecule has 0 saturated heterocycles. The number of esters is 2. The van der Waals surface area contributed by atoms with Crippen LogP contribution in [0.15, 0.2) is 0 Å². The SMILES string of the molecule is CC(C)(C)OC(=O)Nc1c(C(=O)O)c(Cl)nc(Cl)c1C(=O)OC(C)(C)C.CC(C)(C)OC(=O)c1c(Cl)nc(Cl)c(C(=O)O)c1N.Nc1c(C(=O)O)c(Cl)nc(Cl)c1C(=O)O. The molecule has 20 nitrogen and oxygen atoms in total. The Labute approximate surface area is 370 Å². The van der Waals surface area contributed by atoms with E-state index in [0.717, 1.165) is 0 Å². The number of hydrogen-bond acceptors (Lipinski definition) is 15. The first-order chi connectivity index (χ1) is 27.0. The van der Waals surface area contributed by atoms with E-state index in [2.05, 4.69) is 20.3 Å². The Kier molecular flexibility index (Phi) is 18.0. The predicted octanol–water partition coefficient (Wildman–Crippen LogP) is 8.38. The first kappa shape index (κ1) is 52.9. The number of carbonyl (C=O) groups excluding carboxylic acids is 3. The predicted molar refractivity (Wildman–Crippen MR) is 220 cm³/mol. The lowest BCUT2D eigenvalue weighted by atomic mass is 10.1. The monoisotopic (exact) mass is 962 g/mol. The van der Waals surface area contributed by atoms with E-state index in [1.54, 1.807) is 62.3 Å². The van der Waals surface area contributed by atoms with Crippen molar-refractivity contribution >= 4 is 129 Å². The number of amides is 1. The molecule has 0 aliphatic carbocycles. The summed E-state index contributed by atoms with van der Waals surface area (Å²) in [4.78, 5) is 91.1. The maximum Gasteiger partial charge on any atom is 0.412 e. The van der Waals surface area contributed by atoms with E-state index in [9.17, 15) is 38.7 Å². The first-order valence-corrected chi connectivity index (χ1v) is 18.4. The zero-order valence-electron chi connectivity index (χ0n) is 32.6. The number of carbonyl (C=O) groups is 7. The minimum atomic E-state index is -1.52. The molecule has 328 valence electrons. The number of nitrogens with zero attached hydrogens (tertiary/aromatic N) is 3. The standard InChI is InChI=1S/C16H20Cl2N2O6.C11H12Cl2N2O4.C7H4Cl2N2O4/c1-15(2,3)25-13(23)8-9(19-14(24)26-16(4,5)6)7(12(21)22)10(17)20-11(8)18;1-11(2,3)19-10(18)5-6(14)4(9(16)17)7(12)15-8(5)13;8-4-1(6(12)13)3(10)2(7(14)15)5(9)11-4/h1-6H3,(H,21,22)(H,19,20,24);1-3H3,(H2,14,15)(H,16,17);(H2,10,11)(H,12,13)(H,14,15). The molecule has 60 heavy (non-hydrogen) atoms. The number of nitrogens with one attached hydrogen (secondary N) is 1. The van der Waals surface area contributed by atoms with Crippen LogP contribution in [0.1, 0.15) is 124 Å². The summed E-state index contributed by atoms with van der Waals surface area (Å²) in [7, 11) is 0. The Hall–Kier alpha value is -5.12. The van der Waals surface area contributed by atoms with Crippen molar-refractivity contribution in [3.05, 3.63) is 64.3 Å². The molecule has 3 rings (SSSR count). The van der Waals surface area contributed by atoms with E-state index in [1.807, 2.05) is 0 Å². The second kappa shape index (κ2) is 20.4. The smallest absolute Gasteiger partial charge is 0.412 e. The number of ether oxygens (including phenoxy) is 3. The highest BCUT2D eigenvalue weighted by Crippen LogP contribution is 2.35. The molecule has 9 N–H and O–H groups in total. The van der Waals surface area contributed by atoms with Crippen molar-refractivity contribution in [1.29, 1.82) is 0 Å². The van der Waals surface area contributed by atoms with Crippen LogP contribution in [0.2, 0.25) is 30.9 Å². The molecule has 0 aliphatic rings. The zero-order valence-corrected chi connectivity index (χ0v) is 37.2. The highest BCUT2D eigenvalue weighted by molar-refractivity contribution is 6.39. The number of halogens is 6. The van der Waals surface area contributed by atoms with Gasteiger partial charge in [-0.25, -0.2) is 48.5 Å². The Bertz CT molecular complexity index is 2220. The molecule has 3 aromatic heterocycles. The van der Waals surface area contributed by atoms with Gasteiger partial charge in [0.15, 0.2) is 0 Å². The van der Waals surface area contributed by atoms with E-state index >= 15 is 0 Å². The molecule has 0 bridgehead atoms. The van der Waals surface area contributed by atoms with Crippen LogP contribution in [0, 0.1) is 0 Å². The van der Waals surface area contributed by atoms with Crippen molar-refractivity contribution in [2.75, 3.05) is 16.8 Å². The Morgan fingerprint density at radius 2 is 0.700 bits per heavy atom. The van der Waals surface area contributed by atoms with Crippen molar-refractivity contribution < 1.29 is 68.2 Å². The van der Waals surface area contributed by atoms with Crippen LogP contribution in [0.25, 0.3) is 0 Å². The number of nitrogen functional groups attached to an aromatic ring is 2. The van der Waals surface area contributed by atoms with Crippen LogP contribution in [0.4, 0.5) is 21.9 Å². The molecule has 0 aliphatic heterocycles. The van der Waals surface area contributed by atoms with Crippen LogP contribution in [0.5, 0.6) is 0 Å². The number of anilines is 3. The molecule has 3 heterocycles. The van der Waals surface area contributed by atoms with Gasteiger partial charge in [-0.05, 0) is 62.3 Å². The van der Waals surface area contributed by atoms with Gasteiger partial charge in [0.2, 0.25) is 0 Å². The molecular weight excluding hydrogens is 929 g/mol. The highest BCUT2D eigenvalue weighted by atomic mass is 35.5. The van der Waals surface area contributed by atoms with Crippen molar-refractivity contribution in [3.63, 3.8) is 0 Å². The number of carboxylic acid groups (broad SMARTS) is 4. The highest BCUT2D eigenvalue weighted by Gasteiger charge is 2.33. The Balaban J connectivity index is 0.000000468. The lowest BCUT2D eigenvalue weighted by molar-refractivity contribution is 0.00575. The number of nitrogens with two attached hydrogens (primary N) is 2. The van der Waals surface area contributed by atoms with Gasteiger partial charge < -0.3 is 46.1 Å². The molecule has 3 aromatic rings. The molecule has 26 heteroatoms. The van der Waals surface area contributed by atoms with Crippen molar-refractivity contribution in [2.24, 2.45) is 0 Å². The van der Waals surface area contributed by atoms with E-state index in [-0.39, 0.29) is 21.6 Å². The van der Waals surface area contributed by atoms with Crippen LogP contribution in [-0.2, 0) is 14.2 Å². The fourth-order valence-corrected chi connectivity index (χ4v) is 5.71. The molecule has 0 atom stereocenters. The fraction of sp³-hybridized carbons (Fsp3) is 0.353. The number of hydrogen-bond donors (Lipinski definition) is 7. The molecule has 0 fully saturated rings. The molecule has 0 saturated carbocycles. The summed E-state index contributed by atoms with van der Waals surface area (Å²) in [5.74, 6) is -7.69. The van der Waals surface area contributed by atoms with Crippen LogP contribution in [-0.4, -0.2) is 94.1 Å². The molecule has 1 amide bonds. The van der Waals surface area contributed by atoms with Gasteiger partial charge in [0.05, 0.1) is 17.1 Å². The molecular formula is C34H36Cl6N6O14.